The van der Waals surface area contributed by atoms with E-state index in [2.05, 4.69) is 31.8 Å². The number of halogens is 1. The number of piperazine rings is 1. The minimum atomic E-state index is -0.368. The van der Waals surface area contributed by atoms with Gasteiger partial charge in [0.25, 0.3) is 0 Å². The van der Waals surface area contributed by atoms with Crippen LogP contribution in [-0.2, 0) is 4.79 Å². The molecule has 1 fully saturated rings. The van der Waals surface area contributed by atoms with Gasteiger partial charge in [0.2, 0.25) is 5.91 Å². The van der Waals surface area contributed by atoms with Crippen LogP contribution in [0.4, 0.5) is 10.2 Å². The first-order valence-electron chi connectivity index (χ1n) is 11.8. The summed E-state index contributed by atoms with van der Waals surface area (Å²) in [6.07, 6.45) is 4.57. The number of rotatable bonds is 4. The molecule has 0 unspecified atom stereocenters. The molecule has 1 aliphatic rings. The van der Waals surface area contributed by atoms with Gasteiger partial charge in [-0.3, -0.25) is 9.36 Å². The monoisotopic (exact) mass is 484 g/mol. The molecule has 0 saturated carbocycles. The molecular formula is C26H25FN8O. The molecule has 1 amide bonds. The molecule has 182 valence electrons. The summed E-state index contributed by atoms with van der Waals surface area (Å²) in [5, 5.41) is 10.00. The van der Waals surface area contributed by atoms with Crippen LogP contribution in [0.5, 0.6) is 0 Å². The second-order valence-corrected chi connectivity index (χ2v) is 9.14. The van der Waals surface area contributed by atoms with E-state index < -0.39 is 0 Å². The highest BCUT2D eigenvalue weighted by Gasteiger charge is 2.31. The third kappa shape index (κ3) is 4.02. The number of carbonyl (C=O) groups is 1. The molecule has 1 aromatic carbocycles. The molecule has 3 aromatic heterocycles. The average molecular weight is 485 g/mol. The Hall–Kier alpha value is -4.39. The lowest BCUT2D eigenvalue weighted by atomic mass is 10.0. The lowest BCUT2D eigenvalue weighted by molar-refractivity contribution is -0.135. The molecule has 1 atom stereocenters. The average Bonchev–Trinajstić information content (AvgIpc) is 3.28. The third-order valence-electron chi connectivity index (χ3n) is 6.45. The molecule has 0 spiro atoms. The van der Waals surface area contributed by atoms with E-state index in [-0.39, 0.29) is 29.4 Å². The summed E-state index contributed by atoms with van der Waals surface area (Å²) in [5.74, 6) is 0.800. The first-order chi connectivity index (χ1) is 17.4. The van der Waals surface area contributed by atoms with Gasteiger partial charge in [-0.1, -0.05) is 32.0 Å². The predicted molar refractivity (Wildman–Crippen MR) is 133 cm³/mol. The molecule has 5 rings (SSSR count). The van der Waals surface area contributed by atoms with Crippen LogP contribution in [0.15, 0.2) is 49.2 Å². The second-order valence-electron chi connectivity index (χ2n) is 9.14. The van der Waals surface area contributed by atoms with E-state index >= 15 is 4.39 Å². The Morgan fingerprint density at radius 3 is 2.61 bits per heavy atom. The maximum absolute atomic E-state index is 15.0. The zero-order chi connectivity index (χ0) is 25.4. The first kappa shape index (κ1) is 23.4. The summed E-state index contributed by atoms with van der Waals surface area (Å²) in [6, 6.07) is 10.1. The molecule has 1 saturated heterocycles. The van der Waals surface area contributed by atoms with Crippen LogP contribution in [0, 0.1) is 23.1 Å². The third-order valence-corrected chi connectivity index (χ3v) is 6.45. The number of anilines is 1. The van der Waals surface area contributed by atoms with Crippen molar-refractivity contribution in [3.63, 3.8) is 0 Å². The normalized spacial score (nSPS) is 15.9. The van der Waals surface area contributed by atoms with E-state index in [4.69, 9.17) is 0 Å². The maximum atomic E-state index is 15.0. The highest BCUT2D eigenvalue weighted by atomic mass is 19.1. The van der Waals surface area contributed by atoms with Crippen molar-refractivity contribution in [2.75, 3.05) is 24.5 Å². The van der Waals surface area contributed by atoms with Gasteiger partial charge in [-0.05, 0) is 13.0 Å². The fraction of sp³-hybridized carbons (Fsp3) is 0.308. The van der Waals surface area contributed by atoms with Gasteiger partial charge >= 0.3 is 0 Å². The van der Waals surface area contributed by atoms with Crippen LogP contribution in [0.1, 0.15) is 26.5 Å². The summed E-state index contributed by atoms with van der Waals surface area (Å²) in [7, 11) is 0. The largest absolute Gasteiger partial charge is 0.350 e. The van der Waals surface area contributed by atoms with Crippen LogP contribution in [0.3, 0.4) is 0 Å². The van der Waals surface area contributed by atoms with Crippen molar-refractivity contribution < 1.29 is 9.18 Å². The summed E-state index contributed by atoms with van der Waals surface area (Å²) in [5.41, 5.74) is 1.77. The Kier molecular flexibility index (Phi) is 6.06. The Labute approximate surface area is 207 Å². The maximum Gasteiger partial charge on any atom is 0.225 e. The predicted octanol–water partition coefficient (Wildman–Crippen LogP) is 3.58. The summed E-state index contributed by atoms with van der Waals surface area (Å²) in [6.45, 7) is 7.58. The highest BCUT2D eigenvalue weighted by Crippen LogP contribution is 2.38. The van der Waals surface area contributed by atoms with Crippen molar-refractivity contribution in [1.29, 1.82) is 5.26 Å². The quantitative estimate of drug-likeness (QED) is 0.436. The van der Waals surface area contributed by atoms with Gasteiger partial charge in [-0.2, -0.15) is 5.26 Å². The SMILES string of the molecule is CC(C)C(=O)N1CCN(c2ncnc3c2c(-c2ccccc2F)cn3-c2cc(C#N)ncn2)[C@@H](C)C1. The van der Waals surface area contributed by atoms with Crippen LogP contribution in [0.25, 0.3) is 28.0 Å². The van der Waals surface area contributed by atoms with Gasteiger partial charge in [-0.25, -0.2) is 24.3 Å². The van der Waals surface area contributed by atoms with Crippen molar-refractivity contribution in [3.05, 3.63) is 60.7 Å². The molecule has 0 bridgehead atoms. The Bertz CT molecular complexity index is 1490. The van der Waals surface area contributed by atoms with E-state index in [1.165, 1.54) is 18.7 Å². The number of hydrogen-bond acceptors (Lipinski definition) is 7. The van der Waals surface area contributed by atoms with E-state index in [0.29, 0.717) is 53.4 Å². The lowest BCUT2D eigenvalue weighted by Gasteiger charge is -2.41. The molecule has 10 heteroatoms. The van der Waals surface area contributed by atoms with Crippen molar-refractivity contribution in [2.45, 2.75) is 26.8 Å². The molecule has 0 aliphatic carbocycles. The van der Waals surface area contributed by atoms with Gasteiger partial charge in [0.05, 0.1) is 5.39 Å². The smallest absolute Gasteiger partial charge is 0.225 e. The molecule has 4 heterocycles. The fourth-order valence-corrected chi connectivity index (χ4v) is 4.70. The second kappa shape index (κ2) is 9.34. The molecular weight excluding hydrogens is 459 g/mol. The van der Waals surface area contributed by atoms with Crippen molar-refractivity contribution in [1.82, 2.24) is 29.4 Å². The number of amides is 1. The topological polar surface area (TPSA) is 104 Å². The van der Waals surface area contributed by atoms with Crippen LogP contribution >= 0.6 is 0 Å². The zero-order valence-electron chi connectivity index (χ0n) is 20.3. The van der Waals surface area contributed by atoms with Crippen molar-refractivity contribution in [2.24, 2.45) is 5.92 Å². The van der Waals surface area contributed by atoms with E-state index in [1.54, 1.807) is 35.0 Å². The molecule has 4 aromatic rings. The fourth-order valence-electron chi connectivity index (χ4n) is 4.70. The number of fused-ring (bicyclic) bond motifs is 1. The number of carbonyl (C=O) groups excluding carboxylic acids is 1. The number of hydrogen-bond donors (Lipinski definition) is 0. The highest BCUT2D eigenvalue weighted by molar-refractivity contribution is 6.02. The van der Waals surface area contributed by atoms with Gasteiger partial charge in [0.15, 0.2) is 5.65 Å². The molecule has 0 N–H and O–H groups in total. The Morgan fingerprint density at radius 2 is 1.89 bits per heavy atom. The molecule has 36 heavy (non-hydrogen) atoms. The summed E-state index contributed by atoms with van der Waals surface area (Å²) >= 11 is 0. The Morgan fingerprint density at radius 1 is 1.11 bits per heavy atom. The van der Waals surface area contributed by atoms with Gasteiger partial charge in [0, 0.05) is 55.0 Å². The van der Waals surface area contributed by atoms with E-state index in [1.807, 2.05) is 24.8 Å². The summed E-state index contributed by atoms with van der Waals surface area (Å²) in [4.78, 5) is 34.1. The van der Waals surface area contributed by atoms with E-state index in [9.17, 15) is 10.1 Å². The molecule has 0 radical (unpaired) electrons. The number of nitriles is 1. The van der Waals surface area contributed by atoms with Crippen LogP contribution in [-0.4, -0.2) is 61.0 Å². The van der Waals surface area contributed by atoms with Gasteiger partial charge in [0.1, 0.15) is 41.9 Å². The van der Waals surface area contributed by atoms with Gasteiger partial charge in [-0.15, -0.1) is 0 Å². The standard InChI is InChI=1S/C26H25FN8O/c1-16(2)26(36)33-8-9-34(17(3)12-33)24-23-20(19-6-4-5-7-21(19)27)13-35(25(23)32-15-31-24)22-10-18(11-28)29-14-30-22/h4-7,10,13-17H,8-9,12H2,1-3H3/t17-/m0/s1. The lowest BCUT2D eigenvalue weighted by Crippen LogP contribution is -2.54. The Balaban J connectivity index is 1.68. The molecule has 9 nitrogen and oxygen atoms in total. The first-order valence-corrected chi connectivity index (χ1v) is 11.8. The number of aromatic nitrogens is 5. The molecule has 1 aliphatic heterocycles. The van der Waals surface area contributed by atoms with E-state index in [0.717, 1.165) is 0 Å². The van der Waals surface area contributed by atoms with Crippen LogP contribution < -0.4 is 4.90 Å². The minimum absolute atomic E-state index is 0.0133. The van der Waals surface area contributed by atoms with Crippen LogP contribution in [0.2, 0.25) is 0 Å². The van der Waals surface area contributed by atoms with Crippen molar-refractivity contribution in [3.8, 4) is 23.0 Å². The number of benzene rings is 1. The zero-order valence-corrected chi connectivity index (χ0v) is 20.3. The van der Waals surface area contributed by atoms with Crippen molar-refractivity contribution >= 4 is 22.8 Å². The summed E-state index contributed by atoms with van der Waals surface area (Å²) < 4.78 is 16.8. The number of nitrogens with zero attached hydrogens (tertiary/aromatic N) is 8. The van der Waals surface area contributed by atoms with Gasteiger partial charge < -0.3 is 9.80 Å². The minimum Gasteiger partial charge on any atom is -0.350 e.